The van der Waals surface area contributed by atoms with E-state index in [1.165, 1.54) is 32.1 Å². The van der Waals surface area contributed by atoms with Gasteiger partial charge in [-0.25, -0.2) is 0 Å². The molecule has 0 saturated carbocycles. The normalized spacial score (nSPS) is 12.3. The highest BCUT2D eigenvalue weighted by molar-refractivity contribution is 5.16. The van der Waals surface area contributed by atoms with E-state index in [0.29, 0.717) is 0 Å². The van der Waals surface area contributed by atoms with Crippen molar-refractivity contribution in [2.75, 3.05) is 0 Å². The molecule has 1 N–H and O–H groups in total. The van der Waals surface area contributed by atoms with Gasteiger partial charge in [-0.15, -0.1) is 6.58 Å². The first-order valence-electron chi connectivity index (χ1n) is 7.18. The van der Waals surface area contributed by atoms with Crippen molar-refractivity contribution in [2.45, 2.75) is 57.5 Å². The molecule has 1 aromatic carbocycles. The van der Waals surface area contributed by atoms with Gasteiger partial charge in [0.2, 0.25) is 0 Å². The molecule has 1 atom stereocenters. The molecule has 100 valence electrons. The smallest absolute Gasteiger partial charge is 0.0790 e. The van der Waals surface area contributed by atoms with Gasteiger partial charge < -0.3 is 5.11 Å². The zero-order valence-corrected chi connectivity index (χ0v) is 11.4. The van der Waals surface area contributed by atoms with Gasteiger partial charge in [0, 0.05) is 0 Å². The Kier molecular flexibility index (Phi) is 8.24. The predicted octanol–water partition coefficient (Wildman–Crippen LogP) is 5.03. The minimum atomic E-state index is -0.285. The maximum absolute atomic E-state index is 9.98. The number of benzene rings is 1. The summed E-state index contributed by atoms with van der Waals surface area (Å²) in [5, 5.41) is 9.98. The van der Waals surface area contributed by atoms with Crippen molar-refractivity contribution in [3.63, 3.8) is 0 Å². The number of hydrogen-bond donors (Lipinski definition) is 1. The molecule has 0 aliphatic carbocycles. The van der Waals surface area contributed by atoms with E-state index in [0.717, 1.165) is 24.8 Å². The van der Waals surface area contributed by atoms with E-state index in [1.807, 2.05) is 36.4 Å². The van der Waals surface area contributed by atoms with Crippen LogP contribution in [0.2, 0.25) is 0 Å². The minimum Gasteiger partial charge on any atom is -0.388 e. The Morgan fingerprint density at radius 3 is 2.22 bits per heavy atom. The lowest BCUT2D eigenvalue weighted by Gasteiger charge is -2.10. The second kappa shape index (κ2) is 9.90. The van der Waals surface area contributed by atoms with Gasteiger partial charge in [0.1, 0.15) is 0 Å². The molecule has 0 spiro atoms. The van der Waals surface area contributed by atoms with Gasteiger partial charge in [0.25, 0.3) is 0 Å². The largest absolute Gasteiger partial charge is 0.388 e. The summed E-state index contributed by atoms with van der Waals surface area (Å²) in [5.74, 6) is 0. The van der Waals surface area contributed by atoms with Crippen molar-refractivity contribution in [1.82, 2.24) is 0 Å². The Bertz CT molecular complexity index is 305. The topological polar surface area (TPSA) is 20.2 Å². The number of allylic oxidation sites excluding steroid dienone is 1. The van der Waals surface area contributed by atoms with Crippen LogP contribution in [0.1, 0.15) is 63.0 Å². The maximum Gasteiger partial charge on any atom is 0.0790 e. The Hall–Kier alpha value is -1.08. The fourth-order valence-corrected chi connectivity index (χ4v) is 2.18. The predicted molar refractivity (Wildman–Crippen MR) is 78.5 cm³/mol. The summed E-state index contributed by atoms with van der Waals surface area (Å²) in [6.45, 7) is 3.73. The summed E-state index contributed by atoms with van der Waals surface area (Å²) in [6, 6.07) is 9.95. The third kappa shape index (κ3) is 6.61. The Labute approximate surface area is 112 Å². The second-order valence-corrected chi connectivity index (χ2v) is 4.91. The summed E-state index contributed by atoms with van der Waals surface area (Å²) in [6.07, 6.45) is 11.3. The van der Waals surface area contributed by atoms with Crippen molar-refractivity contribution in [3.05, 3.63) is 48.6 Å². The zero-order chi connectivity index (χ0) is 13.1. The van der Waals surface area contributed by atoms with Gasteiger partial charge in [-0.05, 0) is 24.8 Å². The molecule has 0 aliphatic rings. The monoisotopic (exact) mass is 246 g/mol. The van der Waals surface area contributed by atoms with Crippen LogP contribution in [0.4, 0.5) is 0 Å². The molecule has 0 aliphatic heterocycles. The van der Waals surface area contributed by atoms with E-state index < -0.39 is 0 Å². The van der Waals surface area contributed by atoms with Gasteiger partial charge >= 0.3 is 0 Å². The molecule has 0 aromatic heterocycles. The number of aliphatic hydroxyl groups is 1. The van der Waals surface area contributed by atoms with Crippen molar-refractivity contribution in [3.8, 4) is 0 Å². The molecule has 1 aromatic rings. The van der Waals surface area contributed by atoms with Crippen LogP contribution < -0.4 is 0 Å². The van der Waals surface area contributed by atoms with Crippen molar-refractivity contribution in [1.29, 1.82) is 0 Å². The van der Waals surface area contributed by atoms with Gasteiger partial charge in [-0.3, -0.25) is 0 Å². The number of aliphatic hydroxyl groups excluding tert-OH is 1. The van der Waals surface area contributed by atoms with Gasteiger partial charge in [-0.2, -0.15) is 0 Å². The number of hydrogen-bond acceptors (Lipinski definition) is 1. The molecule has 1 heteroatoms. The molecule has 18 heavy (non-hydrogen) atoms. The van der Waals surface area contributed by atoms with Crippen molar-refractivity contribution in [2.24, 2.45) is 0 Å². The number of rotatable bonds is 10. The molecule has 0 amide bonds. The Morgan fingerprint density at radius 2 is 1.56 bits per heavy atom. The molecule has 0 heterocycles. The van der Waals surface area contributed by atoms with E-state index in [1.54, 1.807) is 0 Å². The van der Waals surface area contributed by atoms with Crippen LogP contribution in [0.25, 0.3) is 0 Å². The molecule has 0 bridgehead atoms. The third-order valence-corrected chi connectivity index (χ3v) is 3.32. The molecule has 1 nitrogen and oxygen atoms in total. The second-order valence-electron chi connectivity index (χ2n) is 4.91. The van der Waals surface area contributed by atoms with Crippen LogP contribution in [0.5, 0.6) is 0 Å². The molecular formula is C17H26O. The van der Waals surface area contributed by atoms with Gasteiger partial charge in [-0.1, -0.05) is 68.5 Å². The lowest BCUT2D eigenvalue weighted by molar-refractivity contribution is 0.163. The summed E-state index contributed by atoms with van der Waals surface area (Å²) >= 11 is 0. The first-order chi connectivity index (χ1) is 8.84. The lowest BCUT2D eigenvalue weighted by Crippen LogP contribution is -1.96. The summed E-state index contributed by atoms with van der Waals surface area (Å²) in [5.41, 5.74) is 1.04. The summed E-state index contributed by atoms with van der Waals surface area (Å²) in [4.78, 5) is 0. The molecule has 0 fully saturated rings. The average Bonchev–Trinajstić information content (AvgIpc) is 2.42. The molecule has 0 saturated heterocycles. The minimum absolute atomic E-state index is 0.285. The van der Waals surface area contributed by atoms with Crippen LogP contribution in [0, 0.1) is 0 Å². The standard InChI is InChI=1S/C17H26O/c1-2-3-4-5-6-7-8-12-15-17(18)16-13-10-9-11-14-16/h2,9-11,13-14,17-18H,1,3-8,12,15H2. The van der Waals surface area contributed by atoms with Crippen LogP contribution in [-0.4, -0.2) is 5.11 Å². The highest BCUT2D eigenvalue weighted by Gasteiger charge is 2.05. The molecular weight excluding hydrogens is 220 g/mol. The first-order valence-corrected chi connectivity index (χ1v) is 7.18. The summed E-state index contributed by atoms with van der Waals surface area (Å²) in [7, 11) is 0. The number of unbranched alkanes of at least 4 members (excludes halogenated alkanes) is 6. The highest BCUT2D eigenvalue weighted by atomic mass is 16.3. The van der Waals surface area contributed by atoms with Crippen LogP contribution in [-0.2, 0) is 0 Å². The maximum atomic E-state index is 9.98. The van der Waals surface area contributed by atoms with Gasteiger partial charge in [0.15, 0.2) is 0 Å². The van der Waals surface area contributed by atoms with E-state index in [9.17, 15) is 5.11 Å². The summed E-state index contributed by atoms with van der Waals surface area (Å²) < 4.78 is 0. The quantitative estimate of drug-likeness (QED) is 0.453. The van der Waals surface area contributed by atoms with Crippen molar-refractivity contribution >= 4 is 0 Å². The van der Waals surface area contributed by atoms with E-state index in [4.69, 9.17) is 0 Å². The van der Waals surface area contributed by atoms with Crippen molar-refractivity contribution < 1.29 is 5.11 Å². The van der Waals surface area contributed by atoms with Crippen LogP contribution in [0.15, 0.2) is 43.0 Å². The molecule has 0 radical (unpaired) electrons. The van der Waals surface area contributed by atoms with E-state index >= 15 is 0 Å². The van der Waals surface area contributed by atoms with Crippen LogP contribution >= 0.6 is 0 Å². The zero-order valence-electron chi connectivity index (χ0n) is 11.4. The third-order valence-electron chi connectivity index (χ3n) is 3.32. The molecule has 1 rings (SSSR count). The fraction of sp³-hybridized carbons (Fsp3) is 0.529. The first kappa shape index (κ1) is 15.0. The van der Waals surface area contributed by atoms with Gasteiger partial charge in [0.05, 0.1) is 6.10 Å². The average molecular weight is 246 g/mol. The highest BCUT2D eigenvalue weighted by Crippen LogP contribution is 2.19. The fourth-order valence-electron chi connectivity index (χ4n) is 2.18. The van der Waals surface area contributed by atoms with E-state index in [-0.39, 0.29) is 6.10 Å². The van der Waals surface area contributed by atoms with Crippen LogP contribution in [0.3, 0.4) is 0 Å². The Morgan fingerprint density at radius 1 is 0.944 bits per heavy atom. The SMILES string of the molecule is C=CCCCCCCCCC(O)c1ccccc1. The Balaban J connectivity index is 1.99. The van der Waals surface area contributed by atoms with E-state index in [2.05, 4.69) is 6.58 Å². The molecule has 1 unspecified atom stereocenters. The lowest BCUT2D eigenvalue weighted by atomic mass is 10.0.